The number of nitrogens with zero attached hydrogens (tertiary/aromatic N) is 2. The number of benzene rings is 3. The van der Waals surface area contributed by atoms with E-state index in [2.05, 4.69) is 5.32 Å². The SMILES string of the molecule is CC[C@@H](C(=O)NC1CCCCC1)N(Cc1ccccc1C)C(=O)CN(c1ccccc1Cl)S(=O)(=O)c1ccc(C)cc1. The zero-order valence-corrected chi connectivity index (χ0v) is 26.1. The fourth-order valence-electron chi connectivity index (χ4n) is 5.44. The van der Waals surface area contributed by atoms with E-state index in [0.29, 0.717) is 6.42 Å². The minimum atomic E-state index is -4.18. The highest BCUT2D eigenvalue weighted by atomic mass is 35.5. The third-order valence-corrected chi connectivity index (χ3v) is 10.0. The largest absolute Gasteiger partial charge is 0.352 e. The normalized spacial score (nSPS) is 14.7. The van der Waals surface area contributed by atoms with Gasteiger partial charge in [0.15, 0.2) is 0 Å². The molecule has 2 amide bonds. The molecule has 0 aliphatic heterocycles. The molecule has 0 bridgehead atoms. The summed E-state index contributed by atoms with van der Waals surface area (Å²) in [6.07, 6.45) is 5.52. The number of hydrogen-bond acceptors (Lipinski definition) is 4. The molecule has 1 aliphatic carbocycles. The number of aryl methyl sites for hydroxylation is 2. The summed E-state index contributed by atoms with van der Waals surface area (Å²) >= 11 is 6.50. The molecule has 0 saturated heterocycles. The molecule has 3 aromatic carbocycles. The molecule has 3 aromatic rings. The number of anilines is 1. The maximum absolute atomic E-state index is 14.3. The Morgan fingerprint density at radius 1 is 0.929 bits per heavy atom. The summed E-state index contributed by atoms with van der Waals surface area (Å²) in [7, 11) is -4.18. The lowest BCUT2D eigenvalue weighted by Crippen LogP contribution is -2.54. The van der Waals surface area contributed by atoms with Crippen LogP contribution in [0.15, 0.2) is 77.7 Å². The van der Waals surface area contributed by atoms with Crippen LogP contribution in [0.1, 0.15) is 62.1 Å². The molecule has 0 aromatic heterocycles. The van der Waals surface area contributed by atoms with Gasteiger partial charge in [-0.1, -0.05) is 91.9 Å². The first-order valence-corrected chi connectivity index (χ1v) is 16.4. The van der Waals surface area contributed by atoms with Crippen molar-refractivity contribution in [2.45, 2.75) is 82.8 Å². The number of carbonyl (C=O) groups excluding carboxylic acids is 2. The summed E-state index contributed by atoms with van der Waals surface area (Å²) in [6.45, 7) is 5.36. The fraction of sp³-hybridized carbons (Fsp3) is 0.394. The van der Waals surface area contributed by atoms with Gasteiger partial charge in [-0.05, 0) is 68.5 Å². The third kappa shape index (κ3) is 7.53. The second-order valence-electron chi connectivity index (χ2n) is 11.0. The zero-order chi connectivity index (χ0) is 30.3. The summed E-state index contributed by atoms with van der Waals surface area (Å²) in [4.78, 5) is 29.5. The van der Waals surface area contributed by atoms with Crippen LogP contribution in [0.2, 0.25) is 5.02 Å². The van der Waals surface area contributed by atoms with Crippen molar-refractivity contribution in [2.75, 3.05) is 10.8 Å². The number of hydrogen-bond donors (Lipinski definition) is 1. The van der Waals surface area contributed by atoms with Crippen molar-refractivity contribution in [1.82, 2.24) is 10.2 Å². The van der Waals surface area contributed by atoms with Gasteiger partial charge in [-0.2, -0.15) is 0 Å². The van der Waals surface area contributed by atoms with Crippen LogP contribution in [0.25, 0.3) is 0 Å². The lowest BCUT2D eigenvalue weighted by molar-refractivity contribution is -0.140. The minimum absolute atomic E-state index is 0.0494. The zero-order valence-electron chi connectivity index (χ0n) is 24.6. The van der Waals surface area contributed by atoms with Crippen molar-refractivity contribution in [3.05, 3.63) is 94.5 Å². The highest BCUT2D eigenvalue weighted by Gasteiger charge is 2.35. The molecule has 1 aliphatic rings. The monoisotopic (exact) mass is 609 g/mol. The van der Waals surface area contributed by atoms with E-state index in [1.165, 1.54) is 17.0 Å². The van der Waals surface area contributed by atoms with Crippen LogP contribution in [0.3, 0.4) is 0 Å². The first kappa shape index (κ1) is 31.6. The Morgan fingerprint density at radius 3 is 2.21 bits per heavy atom. The quantitative estimate of drug-likeness (QED) is 0.272. The molecule has 0 spiro atoms. The van der Waals surface area contributed by atoms with Gasteiger partial charge >= 0.3 is 0 Å². The van der Waals surface area contributed by atoms with Crippen LogP contribution < -0.4 is 9.62 Å². The first-order valence-electron chi connectivity index (χ1n) is 14.6. The molecule has 1 N–H and O–H groups in total. The van der Waals surface area contributed by atoms with Crippen molar-refractivity contribution in [2.24, 2.45) is 0 Å². The van der Waals surface area contributed by atoms with Gasteiger partial charge in [0.2, 0.25) is 11.8 Å². The van der Waals surface area contributed by atoms with E-state index in [1.54, 1.807) is 36.4 Å². The third-order valence-electron chi connectivity index (χ3n) is 7.95. The van der Waals surface area contributed by atoms with Crippen molar-refractivity contribution in [1.29, 1.82) is 0 Å². The Morgan fingerprint density at radius 2 is 1.57 bits per heavy atom. The molecule has 0 unspecified atom stereocenters. The maximum Gasteiger partial charge on any atom is 0.264 e. The summed E-state index contributed by atoms with van der Waals surface area (Å²) in [5.41, 5.74) is 2.98. The van der Waals surface area contributed by atoms with E-state index >= 15 is 0 Å². The predicted octanol–water partition coefficient (Wildman–Crippen LogP) is 6.41. The molecule has 1 saturated carbocycles. The number of nitrogens with one attached hydrogen (secondary N) is 1. The molecule has 42 heavy (non-hydrogen) atoms. The molecule has 7 nitrogen and oxygen atoms in total. The van der Waals surface area contributed by atoms with Gasteiger partial charge in [-0.25, -0.2) is 8.42 Å². The second-order valence-corrected chi connectivity index (χ2v) is 13.3. The second kappa shape index (κ2) is 14.2. The van der Waals surface area contributed by atoms with E-state index in [0.717, 1.165) is 53.1 Å². The first-order chi connectivity index (χ1) is 20.1. The lowest BCUT2D eigenvalue weighted by Gasteiger charge is -2.35. The Kier molecular flexibility index (Phi) is 10.7. The van der Waals surface area contributed by atoms with Gasteiger partial charge in [-0.3, -0.25) is 13.9 Å². The summed E-state index contributed by atoms with van der Waals surface area (Å²) in [6, 6.07) is 20.1. The summed E-state index contributed by atoms with van der Waals surface area (Å²) in [5, 5.41) is 3.38. The van der Waals surface area contributed by atoms with Crippen molar-refractivity contribution in [3.8, 4) is 0 Å². The van der Waals surface area contributed by atoms with Crippen LogP contribution >= 0.6 is 11.6 Å². The minimum Gasteiger partial charge on any atom is -0.352 e. The number of para-hydroxylation sites is 1. The fourth-order valence-corrected chi connectivity index (χ4v) is 7.16. The van der Waals surface area contributed by atoms with E-state index < -0.39 is 28.5 Å². The van der Waals surface area contributed by atoms with E-state index in [1.807, 2.05) is 45.0 Å². The lowest BCUT2D eigenvalue weighted by atomic mass is 9.95. The van der Waals surface area contributed by atoms with Crippen LogP contribution in [-0.4, -0.2) is 43.8 Å². The molecule has 0 heterocycles. The molecule has 0 radical (unpaired) electrons. The predicted molar refractivity (Wildman–Crippen MR) is 168 cm³/mol. The summed E-state index contributed by atoms with van der Waals surface area (Å²) < 4.78 is 29.1. The number of carbonyl (C=O) groups is 2. The van der Waals surface area contributed by atoms with Crippen molar-refractivity contribution in [3.63, 3.8) is 0 Å². The van der Waals surface area contributed by atoms with E-state index in [9.17, 15) is 18.0 Å². The molecular weight excluding hydrogens is 570 g/mol. The van der Waals surface area contributed by atoms with Crippen LogP contribution in [0.4, 0.5) is 5.69 Å². The Balaban J connectivity index is 1.72. The molecule has 1 fully saturated rings. The van der Waals surface area contributed by atoms with Crippen LogP contribution in [-0.2, 0) is 26.2 Å². The van der Waals surface area contributed by atoms with Gasteiger partial charge in [0.05, 0.1) is 15.6 Å². The molecule has 1 atom stereocenters. The molecule has 4 rings (SSSR count). The average Bonchev–Trinajstić information content (AvgIpc) is 2.98. The van der Waals surface area contributed by atoms with Crippen molar-refractivity contribution < 1.29 is 18.0 Å². The molecular formula is C33H40ClN3O4S. The highest BCUT2D eigenvalue weighted by Crippen LogP contribution is 2.31. The Bertz CT molecular complexity index is 1490. The number of rotatable bonds is 11. The van der Waals surface area contributed by atoms with Crippen LogP contribution in [0.5, 0.6) is 0 Å². The van der Waals surface area contributed by atoms with E-state index in [4.69, 9.17) is 11.6 Å². The van der Waals surface area contributed by atoms with Gasteiger partial charge in [-0.15, -0.1) is 0 Å². The summed E-state index contributed by atoms with van der Waals surface area (Å²) in [5.74, 6) is -0.698. The van der Waals surface area contributed by atoms with Gasteiger partial charge in [0, 0.05) is 12.6 Å². The standard InChI is InChI=1S/C33H40ClN3O4S/c1-4-30(33(39)35-27-14-6-5-7-15-27)36(22-26-13-9-8-12-25(26)3)32(38)23-37(31-17-11-10-16-29(31)34)42(40,41)28-20-18-24(2)19-21-28/h8-13,16-21,27,30H,4-7,14-15,22-23H2,1-3H3,(H,35,39)/t30-/m0/s1. The topological polar surface area (TPSA) is 86.8 Å². The van der Waals surface area contributed by atoms with Gasteiger partial charge in [0.1, 0.15) is 12.6 Å². The molecule has 9 heteroatoms. The van der Waals surface area contributed by atoms with Gasteiger partial charge in [0.25, 0.3) is 10.0 Å². The van der Waals surface area contributed by atoms with Crippen molar-refractivity contribution >= 4 is 39.1 Å². The van der Waals surface area contributed by atoms with E-state index in [-0.39, 0.29) is 34.1 Å². The highest BCUT2D eigenvalue weighted by molar-refractivity contribution is 7.92. The average molecular weight is 610 g/mol. The number of amides is 2. The number of halogens is 1. The van der Waals surface area contributed by atoms with Crippen LogP contribution in [0, 0.1) is 13.8 Å². The van der Waals surface area contributed by atoms with Gasteiger partial charge < -0.3 is 10.2 Å². The smallest absolute Gasteiger partial charge is 0.264 e. The Hall–Kier alpha value is -3.36. The molecule has 224 valence electrons. The number of sulfonamides is 1. The Labute approximate surface area is 254 Å². The maximum atomic E-state index is 14.3.